The van der Waals surface area contributed by atoms with E-state index in [2.05, 4.69) is 10.6 Å². The molecule has 2 N–H and O–H groups in total. The molecule has 2 unspecified atom stereocenters. The Bertz CT molecular complexity index is 645. The lowest BCUT2D eigenvalue weighted by Crippen LogP contribution is -2.38. The van der Waals surface area contributed by atoms with Crippen molar-refractivity contribution in [1.82, 2.24) is 10.6 Å². The maximum atomic E-state index is 12.9. The Labute approximate surface area is 134 Å². The number of carbonyl (C=O) groups is 1. The molecule has 0 saturated carbocycles. The van der Waals surface area contributed by atoms with Crippen molar-refractivity contribution in [2.45, 2.75) is 25.9 Å². The lowest BCUT2D eigenvalue weighted by Gasteiger charge is -2.19. The summed E-state index contributed by atoms with van der Waals surface area (Å²) in [6.45, 7) is 3.70. The van der Waals surface area contributed by atoms with E-state index in [-0.39, 0.29) is 23.9 Å². The van der Waals surface area contributed by atoms with Crippen LogP contribution in [0.4, 0.5) is 9.18 Å². The summed E-state index contributed by atoms with van der Waals surface area (Å²) in [5.41, 5.74) is 1.69. The van der Waals surface area contributed by atoms with E-state index in [9.17, 15) is 9.18 Å². The number of nitrogens with one attached hydrogen (secondary N) is 2. The highest BCUT2D eigenvalue weighted by Gasteiger charge is 2.14. The Balaban J connectivity index is 1.95. The van der Waals surface area contributed by atoms with Crippen molar-refractivity contribution in [1.29, 1.82) is 0 Å². The Kier molecular flexibility index (Phi) is 5.39. The van der Waals surface area contributed by atoms with E-state index in [1.165, 1.54) is 12.1 Å². The number of carbonyl (C=O) groups excluding carboxylic acids is 1. The third-order valence-electron chi connectivity index (χ3n) is 3.44. The van der Waals surface area contributed by atoms with Gasteiger partial charge >= 0.3 is 6.03 Å². The molecule has 0 aliphatic heterocycles. The van der Waals surface area contributed by atoms with Crippen molar-refractivity contribution in [3.8, 4) is 0 Å². The van der Waals surface area contributed by atoms with Gasteiger partial charge in [0.05, 0.1) is 12.1 Å². The fraction of sp³-hybridized carbons (Fsp3) is 0.235. The monoisotopic (exact) mass is 320 g/mol. The van der Waals surface area contributed by atoms with E-state index in [0.717, 1.165) is 11.1 Å². The first-order chi connectivity index (χ1) is 10.5. The quantitative estimate of drug-likeness (QED) is 0.849. The molecule has 0 radical (unpaired) electrons. The van der Waals surface area contributed by atoms with Gasteiger partial charge < -0.3 is 10.6 Å². The summed E-state index contributed by atoms with van der Waals surface area (Å²) in [4.78, 5) is 12.0. The van der Waals surface area contributed by atoms with Gasteiger partial charge in [-0.25, -0.2) is 9.18 Å². The van der Waals surface area contributed by atoms with E-state index in [1.54, 1.807) is 18.2 Å². The highest BCUT2D eigenvalue weighted by atomic mass is 35.5. The average Bonchev–Trinajstić information content (AvgIpc) is 2.48. The van der Waals surface area contributed by atoms with Crippen LogP contribution in [0.15, 0.2) is 48.5 Å². The molecule has 0 spiro atoms. The van der Waals surface area contributed by atoms with E-state index in [0.29, 0.717) is 5.02 Å². The van der Waals surface area contributed by atoms with Crippen LogP contribution < -0.4 is 10.6 Å². The van der Waals surface area contributed by atoms with Gasteiger partial charge in [-0.15, -0.1) is 0 Å². The van der Waals surface area contributed by atoms with Crippen LogP contribution in [-0.2, 0) is 0 Å². The van der Waals surface area contributed by atoms with Crippen LogP contribution in [0, 0.1) is 5.82 Å². The number of halogens is 2. The van der Waals surface area contributed by atoms with Crippen molar-refractivity contribution >= 4 is 17.6 Å². The van der Waals surface area contributed by atoms with Gasteiger partial charge in [-0.1, -0.05) is 41.9 Å². The number of benzene rings is 2. The van der Waals surface area contributed by atoms with Gasteiger partial charge in [0.25, 0.3) is 0 Å². The summed E-state index contributed by atoms with van der Waals surface area (Å²) in [7, 11) is 0. The first kappa shape index (κ1) is 16.3. The van der Waals surface area contributed by atoms with Crippen LogP contribution in [0.25, 0.3) is 0 Å². The number of rotatable bonds is 4. The van der Waals surface area contributed by atoms with Gasteiger partial charge in [-0.3, -0.25) is 0 Å². The predicted octanol–water partition coefficient (Wildman–Crippen LogP) is 4.60. The number of urea groups is 1. The summed E-state index contributed by atoms with van der Waals surface area (Å²) in [6, 6.07) is 12.7. The molecule has 2 rings (SSSR count). The second-order valence-corrected chi connectivity index (χ2v) is 5.54. The first-order valence-corrected chi connectivity index (χ1v) is 7.42. The molecular formula is C17H18ClFN2O. The minimum absolute atomic E-state index is 0.214. The molecule has 0 saturated heterocycles. The molecule has 2 aromatic rings. The fourth-order valence-electron chi connectivity index (χ4n) is 2.17. The van der Waals surface area contributed by atoms with Crippen LogP contribution in [-0.4, -0.2) is 6.03 Å². The number of hydrogen-bond donors (Lipinski definition) is 2. The van der Waals surface area contributed by atoms with E-state index < -0.39 is 0 Å². The normalized spacial score (nSPS) is 13.3. The molecule has 0 heterocycles. The molecule has 116 valence electrons. The van der Waals surface area contributed by atoms with E-state index in [1.807, 2.05) is 32.0 Å². The van der Waals surface area contributed by atoms with Crippen LogP contribution in [0.3, 0.4) is 0 Å². The van der Waals surface area contributed by atoms with Crippen LogP contribution >= 0.6 is 11.6 Å². The molecule has 0 fully saturated rings. The van der Waals surface area contributed by atoms with Gasteiger partial charge in [-0.2, -0.15) is 0 Å². The highest BCUT2D eigenvalue weighted by molar-refractivity contribution is 6.31. The molecule has 22 heavy (non-hydrogen) atoms. The van der Waals surface area contributed by atoms with Crippen molar-refractivity contribution in [3.63, 3.8) is 0 Å². The van der Waals surface area contributed by atoms with Crippen LogP contribution in [0.1, 0.15) is 37.1 Å². The molecule has 2 amide bonds. The minimum atomic E-state index is -0.302. The largest absolute Gasteiger partial charge is 0.332 e. The molecule has 0 aliphatic rings. The Morgan fingerprint density at radius 2 is 1.59 bits per heavy atom. The van der Waals surface area contributed by atoms with Crippen molar-refractivity contribution in [3.05, 3.63) is 70.5 Å². The van der Waals surface area contributed by atoms with Gasteiger partial charge in [0.2, 0.25) is 0 Å². The van der Waals surface area contributed by atoms with Gasteiger partial charge in [0, 0.05) is 5.02 Å². The second-order valence-electron chi connectivity index (χ2n) is 5.13. The van der Waals surface area contributed by atoms with Crippen molar-refractivity contribution in [2.24, 2.45) is 0 Å². The maximum Gasteiger partial charge on any atom is 0.315 e. The highest BCUT2D eigenvalue weighted by Crippen LogP contribution is 2.22. The second kappa shape index (κ2) is 7.27. The number of amides is 2. The number of hydrogen-bond acceptors (Lipinski definition) is 1. The fourth-order valence-corrected chi connectivity index (χ4v) is 2.47. The summed E-state index contributed by atoms with van der Waals surface area (Å²) >= 11 is 6.11. The summed E-state index contributed by atoms with van der Waals surface area (Å²) < 4.78 is 12.9. The minimum Gasteiger partial charge on any atom is -0.332 e. The predicted molar refractivity (Wildman–Crippen MR) is 86.3 cm³/mol. The Morgan fingerprint density at radius 1 is 1.00 bits per heavy atom. The molecule has 0 bridgehead atoms. The molecule has 2 aromatic carbocycles. The van der Waals surface area contributed by atoms with E-state index >= 15 is 0 Å². The standard InChI is InChI=1S/C17H18ClFN2O/c1-11(13-7-9-14(19)10-8-13)20-17(22)21-12(2)15-5-3-4-6-16(15)18/h3-12H,1-2H3,(H2,20,21,22). The molecular weight excluding hydrogens is 303 g/mol. The lowest BCUT2D eigenvalue weighted by atomic mass is 10.1. The van der Waals surface area contributed by atoms with Crippen LogP contribution in [0.5, 0.6) is 0 Å². The Hall–Kier alpha value is -2.07. The van der Waals surface area contributed by atoms with Gasteiger partial charge in [0.15, 0.2) is 0 Å². The lowest BCUT2D eigenvalue weighted by molar-refractivity contribution is 0.235. The maximum absolute atomic E-state index is 12.9. The zero-order chi connectivity index (χ0) is 16.1. The molecule has 3 nitrogen and oxygen atoms in total. The molecule has 2 atom stereocenters. The van der Waals surface area contributed by atoms with E-state index in [4.69, 9.17) is 11.6 Å². The smallest absolute Gasteiger partial charge is 0.315 e. The SMILES string of the molecule is CC(NC(=O)NC(C)c1ccccc1Cl)c1ccc(F)cc1. The zero-order valence-electron chi connectivity index (χ0n) is 12.4. The third-order valence-corrected chi connectivity index (χ3v) is 3.78. The zero-order valence-corrected chi connectivity index (χ0v) is 13.2. The first-order valence-electron chi connectivity index (χ1n) is 7.04. The van der Waals surface area contributed by atoms with Crippen molar-refractivity contribution < 1.29 is 9.18 Å². The van der Waals surface area contributed by atoms with Gasteiger partial charge in [-0.05, 0) is 43.2 Å². The van der Waals surface area contributed by atoms with Gasteiger partial charge in [0.1, 0.15) is 5.82 Å². The summed E-state index contributed by atoms with van der Waals surface area (Å²) in [5, 5.41) is 6.27. The van der Waals surface area contributed by atoms with Crippen LogP contribution in [0.2, 0.25) is 5.02 Å². The Morgan fingerprint density at radius 3 is 2.23 bits per heavy atom. The molecule has 5 heteroatoms. The molecule has 0 aromatic heterocycles. The average molecular weight is 321 g/mol. The molecule has 0 aliphatic carbocycles. The summed E-state index contributed by atoms with van der Waals surface area (Å²) in [6.07, 6.45) is 0. The third kappa shape index (κ3) is 4.21. The summed E-state index contributed by atoms with van der Waals surface area (Å²) in [5.74, 6) is -0.298. The van der Waals surface area contributed by atoms with Crippen molar-refractivity contribution in [2.75, 3.05) is 0 Å². The topological polar surface area (TPSA) is 41.1 Å².